The minimum absolute atomic E-state index is 0.161. The molecular formula is C20H24FN5O3S2. The van der Waals surface area contributed by atoms with Crippen LogP contribution in [0, 0.1) is 12.8 Å². The van der Waals surface area contributed by atoms with Gasteiger partial charge in [0.15, 0.2) is 5.17 Å². The van der Waals surface area contributed by atoms with E-state index in [1.54, 1.807) is 30.1 Å². The van der Waals surface area contributed by atoms with Crippen LogP contribution in [0.5, 0.6) is 5.75 Å². The number of halogens is 1. The van der Waals surface area contributed by atoms with Crippen LogP contribution in [0.25, 0.3) is 0 Å². The Labute approximate surface area is 187 Å². The van der Waals surface area contributed by atoms with Gasteiger partial charge in [0.05, 0.1) is 18.9 Å². The molecule has 0 aromatic carbocycles. The number of rotatable bonds is 5. The zero-order chi connectivity index (χ0) is 22.2. The van der Waals surface area contributed by atoms with Gasteiger partial charge in [-0.2, -0.15) is 0 Å². The Balaban J connectivity index is 1.54. The molecule has 4 rings (SSSR count). The molecule has 0 bridgehead atoms. The van der Waals surface area contributed by atoms with Crippen molar-refractivity contribution in [2.75, 3.05) is 17.7 Å². The number of amidine groups is 1. The Hall–Kier alpha value is -2.24. The molecule has 1 unspecified atom stereocenters. The molecule has 4 heterocycles. The lowest BCUT2D eigenvalue weighted by atomic mass is 9.80. The zero-order valence-electron chi connectivity index (χ0n) is 17.4. The number of ether oxygens (including phenoxy) is 2. The second-order valence-corrected chi connectivity index (χ2v) is 9.63. The largest absolute Gasteiger partial charge is 0.459 e. The highest BCUT2D eigenvalue weighted by Crippen LogP contribution is 2.47. The molecule has 2 aliphatic heterocycles. The van der Waals surface area contributed by atoms with Crippen molar-refractivity contribution < 1.29 is 18.7 Å². The summed E-state index contributed by atoms with van der Waals surface area (Å²) in [6.45, 7) is 5.46. The van der Waals surface area contributed by atoms with E-state index in [0.717, 1.165) is 17.2 Å². The number of nitrogens with one attached hydrogen (secondary N) is 1. The van der Waals surface area contributed by atoms with Gasteiger partial charge in [0.25, 0.3) is 5.91 Å². The summed E-state index contributed by atoms with van der Waals surface area (Å²) >= 11 is 2.98. The number of thioether (sulfide) groups is 1. The van der Waals surface area contributed by atoms with Gasteiger partial charge >= 0.3 is 0 Å². The van der Waals surface area contributed by atoms with E-state index in [1.165, 1.54) is 24.5 Å². The minimum Gasteiger partial charge on any atom is -0.459 e. The number of nitrogens with two attached hydrogens (primary N) is 1. The standard InChI is InChI=1S/C20H24FN5O3S2/c1-10-4-14(29-12(3)21)6-23-16(10)17(27)24-15-8-30-18(25-15)20-9-28-11(2)5-13(20)7-31-19(22)26-20/h4,6,8,11-13H,5,7,9H2,1-3H3,(H2,22,26)(H,24,27)/t11-,12?,13-,20-/m0/s1. The first-order valence-electron chi connectivity index (χ1n) is 9.91. The first kappa shape index (κ1) is 22.0. The summed E-state index contributed by atoms with van der Waals surface area (Å²) in [7, 11) is 0. The number of pyridine rings is 1. The number of anilines is 1. The number of amides is 1. The van der Waals surface area contributed by atoms with Crippen molar-refractivity contribution in [1.82, 2.24) is 9.97 Å². The summed E-state index contributed by atoms with van der Waals surface area (Å²) < 4.78 is 23.9. The molecule has 4 atom stereocenters. The second kappa shape index (κ2) is 8.71. The van der Waals surface area contributed by atoms with Crippen LogP contribution in [0.3, 0.4) is 0 Å². The zero-order valence-corrected chi connectivity index (χ0v) is 19.1. The monoisotopic (exact) mass is 465 g/mol. The number of carbonyl (C=O) groups is 1. The predicted molar refractivity (Wildman–Crippen MR) is 120 cm³/mol. The molecule has 1 fully saturated rings. The van der Waals surface area contributed by atoms with Crippen molar-refractivity contribution in [1.29, 1.82) is 0 Å². The number of hydrogen-bond acceptors (Lipinski definition) is 9. The van der Waals surface area contributed by atoms with E-state index in [9.17, 15) is 9.18 Å². The van der Waals surface area contributed by atoms with Crippen LogP contribution < -0.4 is 15.8 Å². The van der Waals surface area contributed by atoms with E-state index in [-0.39, 0.29) is 23.5 Å². The number of hydrogen-bond donors (Lipinski definition) is 2. The third-order valence-corrected chi connectivity index (χ3v) is 7.27. The van der Waals surface area contributed by atoms with E-state index in [4.69, 9.17) is 20.2 Å². The fraction of sp³-hybridized carbons (Fsp3) is 0.500. The van der Waals surface area contributed by atoms with E-state index < -0.39 is 17.8 Å². The second-order valence-electron chi connectivity index (χ2n) is 7.73. The maximum Gasteiger partial charge on any atom is 0.275 e. The average Bonchev–Trinajstić information content (AvgIpc) is 3.17. The van der Waals surface area contributed by atoms with Crippen LogP contribution in [0.15, 0.2) is 22.6 Å². The van der Waals surface area contributed by atoms with Gasteiger partial charge < -0.3 is 20.5 Å². The maximum absolute atomic E-state index is 13.0. The lowest BCUT2D eigenvalue weighted by Gasteiger charge is -2.44. The molecule has 0 spiro atoms. The molecule has 0 aliphatic carbocycles. The number of aromatic nitrogens is 2. The lowest BCUT2D eigenvalue weighted by Crippen LogP contribution is -2.49. The fourth-order valence-corrected chi connectivity index (χ4v) is 5.80. The number of aryl methyl sites for hydroxylation is 1. The molecule has 0 saturated carbocycles. The molecule has 1 amide bonds. The topological polar surface area (TPSA) is 112 Å². The van der Waals surface area contributed by atoms with Gasteiger partial charge in [0.2, 0.25) is 6.36 Å². The molecular weight excluding hydrogens is 441 g/mol. The molecule has 166 valence electrons. The third-order valence-electron chi connectivity index (χ3n) is 5.30. The quantitative estimate of drug-likeness (QED) is 0.695. The first-order valence-corrected chi connectivity index (χ1v) is 11.8. The Morgan fingerprint density at radius 3 is 3.06 bits per heavy atom. The van der Waals surface area contributed by atoms with Crippen molar-refractivity contribution in [3.63, 3.8) is 0 Å². The number of aliphatic imine (C=N–C) groups is 1. The normalized spacial score (nSPS) is 26.5. The van der Waals surface area contributed by atoms with Crippen LogP contribution in [0.4, 0.5) is 10.2 Å². The summed E-state index contributed by atoms with van der Waals surface area (Å²) in [5, 5.41) is 5.87. The Bertz CT molecular complexity index is 1010. The molecule has 2 aromatic rings. The van der Waals surface area contributed by atoms with Crippen LogP contribution in [-0.2, 0) is 10.3 Å². The van der Waals surface area contributed by atoms with E-state index in [2.05, 4.69) is 22.2 Å². The summed E-state index contributed by atoms with van der Waals surface area (Å²) in [6, 6.07) is 1.58. The van der Waals surface area contributed by atoms with Gasteiger partial charge in [0.1, 0.15) is 27.8 Å². The van der Waals surface area contributed by atoms with Gasteiger partial charge in [-0.1, -0.05) is 11.8 Å². The summed E-state index contributed by atoms with van der Waals surface area (Å²) in [4.78, 5) is 26.3. The highest BCUT2D eigenvalue weighted by Gasteiger charge is 2.49. The van der Waals surface area contributed by atoms with Crippen LogP contribution >= 0.6 is 23.1 Å². The lowest BCUT2D eigenvalue weighted by molar-refractivity contribution is -0.0466. The van der Waals surface area contributed by atoms with E-state index in [0.29, 0.717) is 23.2 Å². The Morgan fingerprint density at radius 1 is 1.52 bits per heavy atom. The molecule has 11 heteroatoms. The number of alkyl halides is 1. The molecule has 3 N–H and O–H groups in total. The molecule has 2 aliphatic rings. The van der Waals surface area contributed by atoms with Gasteiger partial charge in [-0.25, -0.2) is 19.4 Å². The number of nitrogens with zero attached hydrogens (tertiary/aromatic N) is 3. The first-order chi connectivity index (χ1) is 14.8. The van der Waals surface area contributed by atoms with Crippen molar-refractivity contribution in [2.24, 2.45) is 16.6 Å². The number of carbonyl (C=O) groups excluding carboxylic acids is 1. The SMILES string of the molecule is Cc1cc(OC(C)F)cnc1C(=O)Nc1csc([C@]23CO[C@@H](C)C[C@H]2CSC(N)=N3)n1. The molecule has 31 heavy (non-hydrogen) atoms. The van der Waals surface area contributed by atoms with Crippen LogP contribution in [-0.4, -0.2) is 45.9 Å². The van der Waals surface area contributed by atoms with Crippen molar-refractivity contribution in [3.05, 3.63) is 33.9 Å². The van der Waals surface area contributed by atoms with Crippen molar-refractivity contribution in [2.45, 2.75) is 45.2 Å². The minimum atomic E-state index is -1.46. The molecule has 0 radical (unpaired) electrons. The summed E-state index contributed by atoms with van der Waals surface area (Å²) in [5.74, 6) is 1.40. The average molecular weight is 466 g/mol. The predicted octanol–water partition coefficient (Wildman–Crippen LogP) is 3.47. The van der Waals surface area contributed by atoms with Crippen LogP contribution in [0.2, 0.25) is 0 Å². The fourth-order valence-electron chi connectivity index (χ4n) is 3.82. The van der Waals surface area contributed by atoms with E-state index >= 15 is 0 Å². The third kappa shape index (κ3) is 4.53. The van der Waals surface area contributed by atoms with Gasteiger partial charge in [-0.3, -0.25) is 4.79 Å². The highest BCUT2D eigenvalue weighted by atomic mass is 32.2. The summed E-state index contributed by atoms with van der Waals surface area (Å²) in [6.07, 6.45) is 0.902. The van der Waals surface area contributed by atoms with Gasteiger partial charge in [-0.15, -0.1) is 11.3 Å². The van der Waals surface area contributed by atoms with Gasteiger partial charge in [0, 0.05) is 24.0 Å². The Morgan fingerprint density at radius 2 is 2.32 bits per heavy atom. The van der Waals surface area contributed by atoms with Gasteiger partial charge in [-0.05, 0) is 31.9 Å². The van der Waals surface area contributed by atoms with Crippen LogP contribution in [0.1, 0.15) is 41.3 Å². The number of fused-ring (bicyclic) bond motifs is 1. The Kier molecular flexibility index (Phi) is 6.18. The van der Waals surface area contributed by atoms with E-state index in [1.807, 2.05) is 0 Å². The summed E-state index contributed by atoms with van der Waals surface area (Å²) in [5.41, 5.74) is 6.21. The molecule has 2 aromatic heterocycles. The van der Waals surface area contributed by atoms with Crippen molar-refractivity contribution >= 4 is 40.0 Å². The molecule has 1 saturated heterocycles. The van der Waals surface area contributed by atoms with Crippen molar-refractivity contribution in [3.8, 4) is 5.75 Å². The molecule has 8 nitrogen and oxygen atoms in total. The highest BCUT2D eigenvalue weighted by molar-refractivity contribution is 8.13. The maximum atomic E-state index is 13.0. The number of thiazole rings is 1. The smallest absolute Gasteiger partial charge is 0.275 e.